The summed E-state index contributed by atoms with van der Waals surface area (Å²) in [6.07, 6.45) is 4.10. The van der Waals surface area contributed by atoms with E-state index in [1.165, 1.54) is 11.1 Å². The molecular formula is C30H32O4P2. The summed E-state index contributed by atoms with van der Waals surface area (Å²) in [4.78, 5) is 0. The van der Waals surface area contributed by atoms with Gasteiger partial charge in [0.2, 0.25) is 0 Å². The van der Waals surface area contributed by atoms with Gasteiger partial charge in [0.1, 0.15) is 23.0 Å². The van der Waals surface area contributed by atoms with Crippen LogP contribution in [0, 0.1) is 0 Å². The summed E-state index contributed by atoms with van der Waals surface area (Å²) in [5, 5.41) is 0. The predicted molar refractivity (Wildman–Crippen MR) is 152 cm³/mol. The van der Waals surface area contributed by atoms with Crippen molar-refractivity contribution in [2.45, 2.75) is 39.5 Å². The number of aryl methyl sites for hydroxylation is 2. The minimum absolute atomic E-state index is 0.157. The molecule has 0 bridgehead atoms. The van der Waals surface area contributed by atoms with Crippen molar-refractivity contribution in [3.8, 4) is 34.1 Å². The molecule has 2 atom stereocenters. The molecule has 4 rings (SSSR count). The summed E-state index contributed by atoms with van der Waals surface area (Å²) in [5.41, 5.74) is 4.29. The molecule has 4 aromatic carbocycles. The molecule has 36 heavy (non-hydrogen) atoms. The van der Waals surface area contributed by atoms with Crippen molar-refractivity contribution in [3.05, 3.63) is 108 Å². The van der Waals surface area contributed by atoms with Crippen molar-refractivity contribution in [1.82, 2.24) is 0 Å². The lowest BCUT2D eigenvalue weighted by Crippen LogP contribution is -1.94. The minimum atomic E-state index is -0.157. The lowest BCUT2D eigenvalue weighted by atomic mass is 10.0. The molecule has 0 aliphatic rings. The number of hydrogen-bond acceptors (Lipinski definition) is 4. The molecule has 0 radical (unpaired) electrons. The summed E-state index contributed by atoms with van der Waals surface area (Å²) >= 11 is 0. The normalized spacial score (nSPS) is 11.3. The molecule has 4 aromatic rings. The van der Waals surface area contributed by atoms with Gasteiger partial charge >= 0.3 is 0 Å². The largest absolute Gasteiger partial charge is 0.440 e. The highest BCUT2D eigenvalue weighted by molar-refractivity contribution is 7.27. The lowest BCUT2D eigenvalue weighted by Gasteiger charge is -2.16. The maximum absolute atomic E-state index is 6.12. The fourth-order valence-electron chi connectivity index (χ4n) is 3.94. The molecule has 0 saturated carbocycles. The van der Waals surface area contributed by atoms with Gasteiger partial charge in [0.05, 0.1) is 0 Å². The van der Waals surface area contributed by atoms with Crippen LogP contribution in [0.3, 0.4) is 0 Å². The third-order valence-electron chi connectivity index (χ3n) is 5.65. The topological polar surface area (TPSA) is 36.9 Å². The van der Waals surface area contributed by atoms with Gasteiger partial charge in [-0.05, 0) is 48.2 Å². The summed E-state index contributed by atoms with van der Waals surface area (Å²) in [5.74, 6) is 3.25. The van der Waals surface area contributed by atoms with E-state index in [-0.39, 0.29) is 18.1 Å². The second kappa shape index (κ2) is 13.9. The predicted octanol–water partition coefficient (Wildman–Crippen LogP) is 9.19. The fourth-order valence-corrected chi connectivity index (χ4v) is 5.13. The maximum atomic E-state index is 6.12. The lowest BCUT2D eigenvalue weighted by molar-refractivity contribution is 0.508. The molecule has 0 aliphatic carbocycles. The van der Waals surface area contributed by atoms with E-state index in [4.69, 9.17) is 18.1 Å². The number of rotatable bonds is 13. The van der Waals surface area contributed by atoms with Gasteiger partial charge in [-0.2, -0.15) is 0 Å². The van der Waals surface area contributed by atoms with Gasteiger partial charge in [0.25, 0.3) is 18.1 Å². The van der Waals surface area contributed by atoms with Crippen molar-refractivity contribution in [1.29, 1.82) is 0 Å². The van der Waals surface area contributed by atoms with E-state index in [0.717, 1.165) is 59.8 Å². The molecule has 186 valence electrons. The monoisotopic (exact) mass is 518 g/mol. The maximum Gasteiger partial charge on any atom is 0.275 e. The Morgan fingerprint density at radius 3 is 1.19 bits per heavy atom. The van der Waals surface area contributed by atoms with E-state index in [2.05, 4.69) is 26.0 Å². The van der Waals surface area contributed by atoms with Crippen LogP contribution in [-0.2, 0) is 12.8 Å². The van der Waals surface area contributed by atoms with Crippen molar-refractivity contribution < 1.29 is 18.1 Å². The molecule has 6 heteroatoms. The Morgan fingerprint density at radius 1 is 0.444 bits per heavy atom. The van der Waals surface area contributed by atoms with Crippen LogP contribution >= 0.6 is 18.1 Å². The zero-order valence-electron chi connectivity index (χ0n) is 20.7. The second-order valence-electron chi connectivity index (χ2n) is 8.28. The van der Waals surface area contributed by atoms with Crippen LogP contribution in [0.2, 0.25) is 0 Å². The molecule has 4 nitrogen and oxygen atoms in total. The first-order valence-electron chi connectivity index (χ1n) is 12.3. The Kier molecular flexibility index (Phi) is 10.0. The Balaban J connectivity index is 1.45. The first kappa shape index (κ1) is 26.0. The van der Waals surface area contributed by atoms with Crippen LogP contribution in [0.15, 0.2) is 97.1 Å². The molecule has 0 fully saturated rings. The third kappa shape index (κ3) is 7.00. The van der Waals surface area contributed by atoms with Crippen LogP contribution in [0.25, 0.3) is 11.1 Å². The van der Waals surface area contributed by atoms with Crippen LogP contribution in [-0.4, -0.2) is 0 Å². The molecule has 2 unspecified atom stereocenters. The second-order valence-corrected chi connectivity index (χ2v) is 9.43. The van der Waals surface area contributed by atoms with E-state index in [1.54, 1.807) is 0 Å². The van der Waals surface area contributed by atoms with Crippen LogP contribution < -0.4 is 18.1 Å². The molecule has 0 amide bonds. The summed E-state index contributed by atoms with van der Waals surface area (Å²) in [6, 6.07) is 32.2. The molecule has 0 spiro atoms. The number of benzene rings is 4. The first-order valence-corrected chi connectivity index (χ1v) is 13.9. The minimum Gasteiger partial charge on any atom is -0.440 e. The van der Waals surface area contributed by atoms with Crippen molar-refractivity contribution >= 4 is 18.1 Å². The van der Waals surface area contributed by atoms with E-state index in [1.807, 2.05) is 84.9 Å². The quantitative estimate of drug-likeness (QED) is 0.165. The van der Waals surface area contributed by atoms with Gasteiger partial charge in [0, 0.05) is 11.1 Å². The summed E-state index contributed by atoms with van der Waals surface area (Å²) in [6.45, 7) is 4.34. The zero-order chi connectivity index (χ0) is 25.0. The van der Waals surface area contributed by atoms with Gasteiger partial charge in [-0.25, -0.2) is 0 Å². The van der Waals surface area contributed by atoms with E-state index in [9.17, 15) is 0 Å². The third-order valence-corrected chi connectivity index (χ3v) is 6.87. The first-order chi connectivity index (χ1) is 17.8. The Morgan fingerprint density at radius 2 is 0.778 bits per heavy atom. The van der Waals surface area contributed by atoms with Crippen LogP contribution in [0.4, 0.5) is 0 Å². The molecule has 0 heterocycles. The van der Waals surface area contributed by atoms with Gasteiger partial charge in [-0.3, -0.25) is 0 Å². The SMILES string of the molecule is CCCc1ccccc1OPOc1ccccc1-c1ccccc1OPOc1ccccc1CCC. The van der Waals surface area contributed by atoms with Crippen molar-refractivity contribution in [3.63, 3.8) is 0 Å². The van der Waals surface area contributed by atoms with Crippen molar-refractivity contribution in [2.75, 3.05) is 0 Å². The average Bonchev–Trinajstić information content (AvgIpc) is 2.92. The number of hydrogen-bond donors (Lipinski definition) is 0. The van der Waals surface area contributed by atoms with Crippen molar-refractivity contribution in [2.24, 2.45) is 0 Å². The van der Waals surface area contributed by atoms with Gasteiger partial charge in [-0.15, -0.1) is 0 Å². The zero-order valence-corrected chi connectivity index (χ0v) is 22.7. The summed E-state index contributed by atoms with van der Waals surface area (Å²) in [7, 11) is -0.315. The van der Waals surface area contributed by atoms with Gasteiger partial charge < -0.3 is 18.1 Å². The highest BCUT2D eigenvalue weighted by Gasteiger charge is 2.13. The highest BCUT2D eigenvalue weighted by atomic mass is 31.1. The molecular weight excluding hydrogens is 486 g/mol. The van der Waals surface area contributed by atoms with Crippen LogP contribution in [0.1, 0.15) is 37.8 Å². The highest BCUT2D eigenvalue weighted by Crippen LogP contribution is 2.41. The van der Waals surface area contributed by atoms with E-state index >= 15 is 0 Å². The summed E-state index contributed by atoms with van der Waals surface area (Å²) < 4.78 is 24.3. The molecule has 0 aliphatic heterocycles. The van der Waals surface area contributed by atoms with Gasteiger partial charge in [-0.1, -0.05) is 99.5 Å². The number of para-hydroxylation sites is 4. The average molecular weight is 519 g/mol. The van der Waals surface area contributed by atoms with Crippen LogP contribution in [0.5, 0.6) is 23.0 Å². The Bertz CT molecular complexity index is 1150. The Labute approximate surface area is 217 Å². The fraction of sp³-hybridized carbons (Fsp3) is 0.200. The smallest absolute Gasteiger partial charge is 0.275 e. The molecule has 0 N–H and O–H groups in total. The molecule has 0 saturated heterocycles. The standard InChI is InChI=1S/C30H32O4P2/c1-3-13-23-15-5-9-19-27(23)31-35-33-29-21-11-7-17-25(29)26-18-8-12-22-30(26)34-36-32-28-20-10-6-16-24(28)14-4-2/h5-12,15-22,35-36H,3-4,13-14H2,1-2H3. The Hall–Kier alpha value is -3.06. The van der Waals surface area contributed by atoms with Gasteiger partial charge in [0.15, 0.2) is 0 Å². The van der Waals surface area contributed by atoms with E-state index in [0.29, 0.717) is 0 Å². The molecule has 0 aromatic heterocycles. The van der Waals surface area contributed by atoms with E-state index < -0.39 is 0 Å².